The second-order valence-electron chi connectivity index (χ2n) is 5.19. The first-order valence-corrected chi connectivity index (χ1v) is 6.69. The molecule has 11 nitrogen and oxygen atoms in total. The van der Waals surface area contributed by atoms with Crippen LogP contribution in [0.4, 0.5) is 0 Å². The predicted molar refractivity (Wildman–Crippen MR) is 72.0 cm³/mol. The molecule has 9 atom stereocenters. The maximum atomic E-state index is 10.3. The Labute approximate surface area is 131 Å². The molecule has 0 aromatic rings. The molecule has 0 amide bonds. The average Bonchev–Trinajstić information content (AvgIpc) is 2.52. The van der Waals surface area contributed by atoms with Gasteiger partial charge in [-0.25, -0.2) is 0 Å². The lowest BCUT2D eigenvalue weighted by atomic mass is 10.00. The number of carbonyl (C=O) groups is 1. The van der Waals surface area contributed by atoms with Crippen molar-refractivity contribution in [2.45, 2.75) is 62.0 Å². The highest BCUT2D eigenvalue weighted by atomic mass is 16.7. The molecule has 1 saturated heterocycles. The molecule has 138 valence electrons. The van der Waals surface area contributed by atoms with Gasteiger partial charge in [0.15, 0.2) is 12.6 Å². The van der Waals surface area contributed by atoms with Crippen LogP contribution in [0, 0.1) is 0 Å². The fourth-order valence-corrected chi connectivity index (χ4v) is 1.95. The Hall–Kier alpha value is -0.730. The second-order valence-corrected chi connectivity index (χ2v) is 5.19. The molecule has 0 unspecified atom stereocenters. The number of aldehydes is 1. The summed E-state index contributed by atoms with van der Waals surface area (Å²) in [4.78, 5) is 10.3. The van der Waals surface area contributed by atoms with E-state index in [0.717, 1.165) is 0 Å². The van der Waals surface area contributed by atoms with Crippen LogP contribution in [-0.4, -0.2) is 109 Å². The summed E-state index contributed by atoms with van der Waals surface area (Å²) in [6.07, 6.45) is -14.0. The number of carbonyl (C=O) groups excluding carboxylic acids is 1. The first-order chi connectivity index (χ1) is 10.2. The van der Waals surface area contributed by atoms with Crippen LogP contribution in [-0.2, 0) is 14.3 Å². The topological polar surface area (TPSA) is 209 Å². The normalized spacial score (nSPS) is 36.4. The van der Waals surface area contributed by atoms with Gasteiger partial charge in [0.25, 0.3) is 0 Å². The first kappa shape index (κ1) is 22.3. The molecule has 1 aliphatic heterocycles. The van der Waals surface area contributed by atoms with Crippen molar-refractivity contribution in [1.29, 1.82) is 0 Å². The summed E-state index contributed by atoms with van der Waals surface area (Å²) in [5, 5.41) is 66.3. The monoisotopic (exact) mass is 344 g/mol. The molecule has 0 aliphatic carbocycles. The van der Waals surface area contributed by atoms with Crippen molar-refractivity contribution in [3.63, 3.8) is 0 Å². The van der Waals surface area contributed by atoms with E-state index in [2.05, 4.69) is 0 Å². The van der Waals surface area contributed by atoms with Gasteiger partial charge in [0.05, 0.1) is 12.7 Å². The maximum Gasteiger partial charge on any atom is 0.186 e. The van der Waals surface area contributed by atoms with Gasteiger partial charge in [-0.3, -0.25) is 0 Å². The van der Waals surface area contributed by atoms with E-state index in [1.165, 1.54) is 6.92 Å². The molecule has 23 heavy (non-hydrogen) atoms. The zero-order valence-corrected chi connectivity index (χ0v) is 12.3. The van der Waals surface area contributed by atoms with Gasteiger partial charge in [-0.05, 0) is 6.92 Å². The van der Waals surface area contributed by atoms with Crippen molar-refractivity contribution in [1.82, 2.24) is 0 Å². The Morgan fingerprint density at radius 3 is 2.13 bits per heavy atom. The van der Waals surface area contributed by atoms with Gasteiger partial charge in [-0.1, -0.05) is 0 Å². The van der Waals surface area contributed by atoms with E-state index in [-0.39, 0.29) is 11.8 Å². The van der Waals surface area contributed by atoms with Crippen molar-refractivity contribution in [3.8, 4) is 0 Å². The van der Waals surface area contributed by atoms with Crippen LogP contribution in [0.1, 0.15) is 6.92 Å². The summed E-state index contributed by atoms with van der Waals surface area (Å²) < 4.78 is 10.1. The number of rotatable bonds is 7. The summed E-state index contributed by atoms with van der Waals surface area (Å²) in [6.45, 7) is 0.812. The summed E-state index contributed by atoms with van der Waals surface area (Å²) in [7, 11) is 0. The number of hydrogen-bond donors (Lipinski definition) is 7. The van der Waals surface area contributed by atoms with Crippen LogP contribution in [0.25, 0.3) is 0 Å². The molecule has 1 fully saturated rings. The van der Waals surface area contributed by atoms with Crippen molar-refractivity contribution in [2.24, 2.45) is 0 Å². The second kappa shape index (κ2) is 9.54. The van der Waals surface area contributed by atoms with Gasteiger partial charge in [-0.2, -0.15) is 0 Å². The fraction of sp³-hybridized carbons (Fsp3) is 0.917. The van der Waals surface area contributed by atoms with Gasteiger partial charge < -0.3 is 55.5 Å². The van der Waals surface area contributed by atoms with Gasteiger partial charge in [-0.15, -0.1) is 0 Å². The third-order valence-corrected chi connectivity index (χ3v) is 3.47. The van der Waals surface area contributed by atoms with E-state index < -0.39 is 61.7 Å². The number of hydrogen-bond acceptors (Lipinski definition) is 10. The maximum absolute atomic E-state index is 10.3. The lowest BCUT2D eigenvalue weighted by Gasteiger charge is -2.39. The van der Waals surface area contributed by atoms with Gasteiger partial charge in [0.2, 0.25) is 0 Å². The van der Waals surface area contributed by atoms with Crippen LogP contribution in [0.3, 0.4) is 0 Å². The fourth-order valence-electron chi connectivity index (χ4n) is 1.95. The van der Waals surface area contributed by atoms with Gasteiger partial charge >= 0.3 is 0 Å². The van der Waals surface area contributed by atoms with Crippen LogP contribution in [0.5, 0.6) is 0 Å². The van der Waals surface area contributed by atoms with E-state index >= 15 is 0 Å². The summed E-state index contributed by atoms with van der Waals surface area (Å²) in [6, 6.07) is 0. The number of aliphatic hydroxyl groups excluding tert-OH is 7. The van der Waals surface area contributed by atoms with Crippen LogP contribution < -0.4 is 0 Å². The van der Waals surface area contributed by atoms with E-state index in [9.17, 15) is 35.4 Å². The molecule has 0 radical (unpaired) electrons. The molecule has 0 aromatic heterocycles. The third-order valence-electron chi connectivity index (χ3n) is 3.47. The highest BCUT2D eigenvalue weighted by Gasteiger charge is 2.43. The minimum absolute atomic E-state index is 0. The summed E-state index contributed by atoms with van der Waals surface area (Å²) in [5.74, 6) is 0. The Morgan fingerprint density at radius 1 is 1.04 bits per heavy atom. The summed E-state index contributed by atoms with van der Waals surface area (Å²) in [5.41, 5.74) is 0. The predicted octanol–water partition coefficient (Wildman–Crippen LogP) is -5.35. The zero-order chi connectivity index (χ0) is 17.0. The average molecular weight is 344 g/mol. The summed E-state index contributed by atoms with van der Waals surface area (Å²) >= 11 is 0. The zero-order valence-electron chi connectivity index (χ0n) is 12.3. The van der Waals surface area contributed by atoms with Crippen LogP contribution >= 0.6 is 0 Å². The highest BCUT2D eigenvalue weighted by molar-refractivity contribution is 5.56. The van der Waals surface area contributed by atoms with Crippen LogP contribution in [0.15, 0.2) is 0 Å². The Bertz CT molecular complexity index is 354. The number of ether oxygens (including phenoxy) is 2. The molecular weight excluding hydrogens is 320 g/mol. The molecule has 1 rings (SSSR count). The molecule has 9 N–H and O–H groups in total. The molecule has 0 saturated carbocycles. The standard InChI is InChI=1S/C12H22O10.H2O/c1-4-7(16)10(19)11(20)12(22-4)21-3-6(15)9(18)8(17)5(14)2-13;/h2,4-12,14-20H,3H2,1H3;1H2/t4-,5-,6+,7-,8+,9+,10+,11+,12+;/m0./s1. The molecule has 1 heterocycles. The van der Waals surface area contributed by atoms with Crippen LogP contribution in [0.2, 0.25) is 0 Å². The van der Waals surface area contributed by atoms with Crippen molar-refractivity contribution in [2.75, 3.05) is 6.61 Å². The molecule has 1 aliphatic rings. The first-order valence-electron chi connectivity index (χ1n) is 6.69. The Morgan fingerprint density at radius 2 is 1.61 bits per heavy atom. The quantitative estimate of drug-likeness (QED) is 0.218. The Balaban J connectivity index is 0.00000484. The molecular formula is C12H24O11. The molecule has 0 bridgehead atoms. The minimum atomic E-state index is -1.92. The Kier molecular flexibility index (Phi) is 9.24. The van der Waals surface area contributed by atoms with E-state index in [1.807, 2.05) is 0 Å². The van der Waals surface area contributed by atoms with E-state index in [1.54, 1.807) is 0 Å². The highest BCUT2D eigenvalue weighted by Crippen LogP contribution is 2.22. The van der Waals surface area contributed by atoms with Crippen molar-refractivity contribution >= 4 is 6.29 Å². The van der Waals surface area contributed by atoms with E-state index in [0.29, 0.717) is 0 Å². The van der Waals surface area contributed by atoms with Crippen molar-refractivity contribution < 1.29 is 55.5 Å². The largest absolute Gasteiger partial charge is 0.412 e. The molecule has 11 heteroatoms. The van der Waals surface area contributed by atoms with Crippen molar-refractivity contribution in [3.05, 3.63) is 0 Å². The molecule has 0 aromatic carbocycles. The minimum Gasteiger partial charge on any atom is -0.412 e. The SMILES string of the molecule is C[C@@H]1O[C@@H](OC[C@@H](O)[C@@H](O)[C@H](O)[C@@H](O)C=O)[C@H](O)[C@H](O)[C@H]1O.O. The third kappa shape index (κ3) is 5.39. The smallest absolute Gasteiger partial charge is 0.186 e. The van der Waals surface area contributed by atoms with Gasteiger partial charge in [0, 0.05) is 0 Å². The van der Waals surface area contributed by atoms with Gasteiger partial charge in [0.1, 0.15) is 42.7 Å². The van der Waals surface area contributed by atoms with E-state index in [4.69, 9.17) is 14.6 Å². The lowest BCUT2D eigenvalue weighted by Crippen LogP contribution is -2.58. The molecule has 0 spiro atoms. The number of aliphatic hydroxyl groups is 7. The lowest BCUT2D eigenvalue weighted by molar-refractivity contribution is -0.299.